The number of hydrogen-bond donors (Lipinski definition) is 1. The summed E-state index contributed by atoms with van der Waals surface area (Å²) < 4.78 is 0. The molecule has 2 atom stereocenters. The molecular weight excluding hydrogens is 240 g/mol. The minimum Gasteiger partial charge on any atom is -0.355 e. The van der Waals surface area contributed by atoms with Gasteiger partial charge in [-0.25, -0.2) is 4.98 Å². The van der Waals surface area contributed by atoms with Crippen LogP contribution in [0.15, 0.2) is 18.3 Å². The summed E-state index contributed by atoms with van der Waals surface area (Å²) in [6, 6.07) is 3.92. The van der Waals surface area contributed by atoms with Crippen molar-refractivity contribution in [3.8, 4) is 0 Å². The summed E-state index contributed by atoms with van der Waals surface area (Å²) in [5.41, 5.74) is 6.71. The molecule has 2 rings (SSSR count). The summed E-state index contributed by atoms with van der Waals surface area (Å²) in [5.74, 6) is 1.44. The average molecular weight is 262 g/mol. The van der Waals surface area contributed by atoms with Gasteiger partial charge in [-0.1, -0.05) is 6.92 Å². The second kappa shape index (κ2) is 5.57. The Balaban J connectivity index is 2.08. The van der Waals surface area contributed by atoms with E-state index in [2.05, 4.69) is 16.8 Å². The Labute approximate surface area is 114 Å². The van der Waals surface area contributed by atoms with E-state index in [0.29, 0.717) is 11.5 Å². The average Bonchev–Trinajstić information content (AvgIpc) is 2.41. The number of pyridine rings is 1. The van der Waals surface area contributed by atoms with Gasteiger partial charge in [0.15, 0.2) is 0 Å². The summed E-state index contributed by atoms with van der Waals surface area (Å²) in [7, 11) is 3.47. The minimum absolute atomic E-state index is 0.0250. The summed E-state index contributed by atoms with van der Waals surface area (Å²) in [4.78, 5) is 19.9. The molecule has 2 unspecified atom stereocenters. The lowest BCUT2D eigenvalue weighted by Crippen LogP contribution is -2.47. The molecule has 1 aromatic heterocycles. The molecule has 1 aliphatic heterocycles. The molecule has 2 N–H and O–H groups in total. The number of hydrogen-bond acceptors (Lipinski definition) is 4. The summed E-state index contributed by atoms with van der Waals surface area (Å²) in [6.07, 6.45) is 2.72. The van der Waals surface area contributed by atoms with Crippen LogP contribution < -0.4 is 10.6 Å². The van der Waals surface area contributed by atoms with E-state index >= 15 is 0 Å². The van der Waals surface area contributed by atoms with E-state index in [1.807, 2.05) is 12.1 Å². The third-order valence-corrected chi connectivity index (χ3v) is 3.74. The monoisotopic (exact) mass is 262 g/mol. The number of anilines is 1. The Morgan fingerprint density at radius 1 is 1.47 bits per heavy atom. The van der Waals surface area contributed by atoms with Crippen molar-refractivity contribution in [1.82, 2.24) is 9.88 Å². The van der Waals surface area contributed by atoms with Crippen LogP contribution in [0.5, 0.6) is 0 Å². The first-order valence-electron chi connectivity index (χ1n) is 6.67. The maximum absolute atomic E-state index is 11.8. The second-order valence-corrected chi connectivity index (χ2v) is 5.48. The van der Waals surface area contributed by atoms with Crippen LogP contribution in [0, 0.1) is 5.92 Å². The predicted molar refractivity (Wildman–Crippen MR) is 76.2 cm³/mol. The largest absolute Gasteiger partial charge is 0.355 e. The van der Waals surface area contributed by atoms with Crippen LogP contribution in [0.2, 0.25) is 0 Å². The van der Waals surface area contributed by atoms with Crippen LogP contribution in [0.1, 0.15) is 23.7 Å². The van der Waals surface area contributed by atoms with Gasteiger partial charge in [0.2, 0.25) is 0 Å². The number of nitrogens with zero attached hydrogens (tertiary/aromatic N) is 3. The number of nitrogens with two attached hydrogens (primary N) is 1. The fourth-order valence-electron chi connectivity index (χ4n) is 2.27. The van der Waals surface area contributed by atoms with Gasteiger partial charge in [0.1, 0.15) is 5.82 Å². The Morgan fingerprint density at radius 2 is 2.21 bits per heavy atom. The molecule has 1 fully saturated rings. The predicted octanol–water partition coefficient (Wildman–Crippen LogP) is 0.957. The van der Waals surface area contributed by atoms with Crippen LogP contribution in [-0.2, 0) is 0 Å². The number of aromatic nitrogens is 1. The summed E-state index contributed by atoms with van der Waals surface area (Å²) in [5, 5.41) is 0. The highest BCUT2D eigenvalue weighted by atomic mass is 16.2. The zero-order valence-electron chi connectivity index (χ0n) is 11.8. The molecule has 1 aromatic rings. The lowest BCUT2D eigenvalue weighted by molar-refractivity contribution is 0.0827. The molecule has 0 bridgehead atoms. The Hall–Kier alpha value is -1.62. The van der Waals surface area contributed by atoms with Gasteiger partial charge in [0, 0.05) is 39.4 Å². The lowest BCUT2D eigenvalue weighted by Gasteiger charge is -2.35. The van der Waals surface area contributed by atoms with Crippen LogP contribution >= 0.6 is 0 Å². The topological polar surface area (TPSA) is 62.5 Å². The van der Waals surface area contributed by atoms with Crippen LogP contribution in [0.3, 0.4) is 0 Å². The molecule has 0 radical (unpaired) electrons. The Morgan fingerprint density at radius 3 is 2.74 bits per heavy atom. The molecule has 0 aromatic carbocycles. The minimum atomic E-state index is -0.0250. The van der Waals surface area contributed by atoms with E-state index in [1.54, 1.807) is 25.2 Å². The van der Waals surface area contributed by atoms with Gasteiger partial charge in [-0.15, -0.1) is 0 Å². The van der Waals surface area contributed by atoms with E-state index in [4.69, 9.17) is 5.73 Å². The number of piperidine rings is 1. The van der Waals surface area contributed by atoms with E-state index < -0.39 is 0 Å². The van der Waals surface area contributed by atoms with E-state index in [0.717, 1.165) is 25.3 Å². The van der Waals surface area contributed by atoms with Crippen molar-refractivity contribution in [2.45, 2.75) is 19.4 Å². The molecule has 5 nitrogen and oxygen atoms in total. The van der Waals surface area contributed by atoms with E-state index in [-0.39, 0.29) is 11.9 Å². The third-order valence-electron chi connectivity index (χ3n) is 3.74. The normalized spacial score (nSPS) is 23.3. The van der Waals surface area contributed by atoms with Gasteiger partial charge in [-0.3, -0.25) is 4.79 Å². The SMILES string of the molecule is CC1CCN(c2ccc(C(=O)N(C)C)cn2)CC1N. The van der Waals surface area contributed by atoms with Gasteiger partial charge < -0.3 is 15.5 Å². The first-order valence-corrected chi connectivity index (χ1v) is 6.67. The van der Waals surface area contributed by atoms with Crippen LogP contribution in [-0.4, -0.2) is 49.0 Å². The van der Waals surface area contributed by atoms with Crippen molar-refractivity contribution in [1.29, 1.82) is 0 Å². The third kappa shape index (κ3) is 3.04. The zero-order valence-corrected chi connectivity index (χ0v) is 11.8. The molecule has 2 heterocycles. The van der Waals surface area contributed by atoms with Gasteiger partial charge in [0.25, 0.3) is 5.91 Å². The van der Waals surface area contributed by atoms with E-state index in [1.165, 1.54) is 0 Å². The lowest BCUT2D eigenvalue weighted by atomic mass is 9.94. The van der Waals surface area contributed by atoms with Crippen molar-refractivity contribution in [3.63, 3.8) is 0 Å². The highest BCUT2D eigenvalue weighted by Gasteiger charge is 2.23. The smallest absolute Gasteiger partial charge is 0.254 e. The van der Waals surface area contributed by atoms with Gasteiger partial charge >= 0.3 is 0 Å². The summed E-state index contributed by atoms with van der Waals surface area (Å²) in [6.45, 7) is 3.99. The van der Waals surface area contributed by atoms with Crippen molar-refractivity contribution in [2.24, 2.45) is 11.7 Å². The fraction of sp³-hybridized carbons (Fsp3) is 0.571. The molecule has 104 valence electrons. The number of rotatable bonds is 2. The van der Waals surface area contributed by atoms with Crippen molar-refractivity contribution in [2.75, 3.05) is 32.1 Å². The molecular formula is C14H22N4O. The first kappa shape index (κ1) is 13.8. The van der Waals surface area contributed by atoms with Crippen LogP contribution in [0.4, 0.5) is 5.82 Å². The maximum atomic E-state index is 11.8. The maximum Gasteiger partial charge on any atom is 0.254 e. The van der Waals surface area contributed by atoms with Crippen molar-refractivity contribution >= 4 is 11.7 Å². The summed E-state index contributed by atoms with van der Waals surface area (Å²) >= 11 is 0. The van der Waals surface area contributed by atoms with Gasteiger partial charge in [-0.2, -0.15) is 0 Å². The highest BCUT2D eigenvalue weighted by molar-refractivity contribution is 5.93. The number of carbonyl (C=O) groups excluding carboxylic acids is 1. The Kier molecular flexibility index (Phi) is 4.04. The second-order valence-electron chi connectivity index (χ2n) is 5.48. The molecule has 1 aliphatic rings. The fourth-order valence-corrected chi connectivity index (χ4v) is 2.27. The van der Waals surface area contributed by atoms with E-state index in [9.17, 15) is 4.79 Å². The zero-order chi connectivity index (χ0) is 14.0. The molecule has 1 amide bonds. The molecule has 0 saturated carbocycles. The molecule has 19 heavy (non-hydrogen) atoms. The molecule has 0 spiro atoms. The highest BCUT2D eigenvalue weighted by Crippen LogP contribution is 2.20. The van der Waals surface area contributed by atoms with Gasteiger partial charge in [-0.05, 0) is 24.5 Å². The van der Waals surface area contributed by atoms with Crippen LogP contribution in [0.25, 0.3) is 0 Å². The number of carbonyl (C=O) groups is 1. The number of amides is 1. The Bertz CT molecular complexity index is 443. The molecule has 1 saturated heterocycles. The van der Waals surface area contributed by atoms with Crippen molar-refractivity contribution < 1.29 is 4.79 Å². The molecule has 0 aliphatic carbocycles. The first-order chi connectivity index (χ1) is 8.99. The quantitative estimate of drug-likeness (QED) is 0.862. The van der Waals surface area contributed by atoms with Gasteiger partial charge in [0.05, 0.1) is 5.56 Å². The van der Waals surface area contributed by atoms with Crippen molar-refractivity contribution in [3.05, 3.63) is 23.9 Å². The standard InChI is InChI=1S/C14H22N4O/c1-10-6-7-18(9-12(10)15)13-5-4-11(8-16-13)14(19)17(2)3/h4-5,8,10,12H,6-7,9,15H2,1-3H3. The molecule has 5 heteroatoms.